The molecule has 2 N–H and O–H groups in total. The lowest BCUT2D eigenvalue weighted by atomic mass is 9.94. The fourth-order valence-corrected chi connectivity index (χ4v) is 15.2. The summed E-state index contributed by atoms with van der Waals surface area (Å²) in [6, 6.07) is 0. The third-order valence-electron chi connectivity index (χ3n) is 17.6. The zero-order valence-corrected chi connectivity index (χ0v) is 65.2. The molecule has 0 aromatic heterocycles. The molecule has 0 saturated carbocycles. The van der Waals surface area contributed by atoms with Crippen LogP contribution in [0.2, 0.25) is 26.2 Å². The van der Waals surface area contributed by atoms with Gasteiger partial charge in [-0.05, 0) is 196 Å². The van der Waals surface area contributed by atoms with E-state index in [4.69, 9.17) is 36.7 Å². The fraction of sp³-hybridized carbons (Fsp3) is 0.974. The average Bonchev–Trinajstić information content (AvgIpc) is 3.74. The highest BCUT2D eigenvalue weighted by Crippen LogP contribution is 2.24. The van der Waals surface area contributed by atoms with Crippen LogP contribution in [0.4, 0.5) is 0 Å². The molecule has 0 heterocycles. The molecule has 552 valence electrons. The minimum atomic E-state index is -2.14. The standard InChI is InChI=1S/2C38H79NO6Si/c2*1-7-10-12-14-15-21-29-37(28-20-13-11-8-2)38(41)43-34-26-18-16-22-30-39(32-24-25-33-40)31-23-17-19-27-35-44-46(5,6)45-36(4)42-9-3/h2*36-37,40H,7-35H2,1-6H3. The Morgan fingerprint density at radius 1 is 0.326 bits per heavy atom. The predicted octanol–water partition coefficient (Wildman–Crippen LogP) is 20.4. The number of hydrogen-bond donors (Lipinski definition) is 2. The van der Waals surface area contributed by atoms with Crippen molar-refractivity contribution in [1.82, 2.24) is 9.80 Å². The lowest BCUT2D eigenvalue weighted by Crippen LogP contribution is -2.39. The van der Waals surface area contributed by atoms with Gasteiger partial charge < -0.3 is 56.7 Å². The minimum Gasteiger partial charge on any atom is -0.465 e. The van der Waals surface area contributed by atoms with E-state index in [1.165, 1.54) is 167 Å². The number of nitrogens with zero attached hydrogens (tertiary/aromatic N) is 2. The first-order valence-electron chi connectivity index (χ1n) is 39.4. The monoisotopic (exact) mass is 1350 g/mol. The summed E-state index contributed by atoms with van der Waals surface area (Å²) in [4.78, 5) is 31.0. The Morgan fingerprint density at radius 2 is 0.565 bits per heavy atom. The number of hydrogen-bond acceptors (Lipinski definition) is 14. The third kappa shape index (κ3) is 64.9. The Morgan fingerprint density at radius 3 is 0.848 bits per heavy atom. The molecule has 4 atom stereocenters. The van der Waals surface area contributed by atoms with Crippen LogP contribution >= 0.6 is 0 Å². The summed E-state index contributed by atoms with van der Waals surface area (Å²) in [5, 5.41) is 18.5. The maximum Gasteiger partial charge on any atom is 0.333 e. The summed E-state index contributed by atoms with van der Waals surface area (Å²) in [6.07, 6.45) is 50.6. The molecule has 0 aliphatic carbocycles. The van der Waals surface area contributed by atoms with Gasteiger partial charge in [0.25, 0.3) is 0 Å². The van der Waals surface area contributed by atoms with Crippen molar-refractivity contribution < 1.29 is 56.5 Å². The normalized spacial score (nSPS) is 13.4. The minimum absolute atomic E-state index is 0.0574. The van der Waals surface area contributed by atoms with Gasteiger partial charge in [-0.1, -0.05) is 207 Å². The molecule has 0 aliphatic rings. The van der Waals surface area contributed by atoms with E-state index in [1.807, 2.05) is 27.7 Å². The SMILES string of the molecule is CCCCCCCCC(CCCCCC)C(=O)OCCCCCCN(CCCCO)CCCCCCO[Si](C)(C)OC(C)OCC.CCCCCCCCC(CCCCCC)C(=O)OCCCCCCN(CCCCO)CCCCCCO[Si](C)(C)OC(C)OCC. The van der Waals surface area contributed by atoms with Gasteiger partial charge in [0.15, 0.2) is 0 Å². The first kappa shape index (κ1) is 93.0. The number of aliphatic hydroxyl groups is 2. The van der Waals surface area contributed by atoms with E-state index in [-0.39, 0.29) is 49.6 Å². The highest BCUT2D eigenvalue weighted by atomic mass is 28.4. The molecule has 0 aliphatic heterocycles. The van der Waals surface area contributed by atoms with Gasteiger partial charge in [0, 0.05) is 39.6 Å². The van der Waals surface area contributed by atoms with Gasteiger partial charge in [-0.3, -0.25) is 9.59 Å². The number of ether oxygens (including phenoxy) is 4. The second-order valence-corrected chi connectivity index (χ2v) is 34.2. The van der Waals surface area contributed by atoms with Crippen molar-refractivity contribution in [3.05, 3.63) is 0 Å². The summed E-state index contributed by atoms with van der Waals surface area (Å²) in [6.45, 7) is 36.3. The Balaban J connectivity index is 0. The van der Waals surface area contributed by atoms with Crippen molar-refractivity contribution in [2.75, 3.05) is 92.1 Å². The molecule has 16 heteroatoms. The molecule has 0 bridgehead atoms. The van der Waals surface area contributed by atoms with Crippen molar-refractivity contribution in [2.45, 2.75) is 377 Å². The van der Waals surface area contributed by atoms with Crippen LogP contribution in [0.3, 0.4) is 0 Å². The Bertz CT molecular complexity index is 1410. The van der Waals surface area contributed by atoms with Gasteiger partial charge in [0.05, 0.1) is 25.0 Å². The molecular weight excluding hydrogens is 1190 g/mol. The van der Waals surface area contributed by atoms with Crippen LogP contribution in [0.1, 0.15) is 338 Å². The zero-order valence-electron chi connectivity index (χ0n) is 63.2. The molecule has 4 unspecified atom stereocenters. The van der Waals surface area contributed by atoms with Crippen LogP contribution in [0.25, 0.3) is 0 Å². The summed E-state index contributed by atoms with van der Waals surface area (Å²) >= 11 is 0. The van der Waals surface area contributed by atoms with Crippen LogP contribution in [-0.2, 0) is 46.2 Å². The van der Waals surface area contributed by atoms with E-state index in [0.29, 0.717) is 26.4 Å². The van der Waals surface area contributed by atoms with E-state index in [9.17, 15) is 19.8 Å². The van der Waals surface area contributed by atoms with Gasteiger partial charge in [-0.2, -0.15) is 0 Å². The average molecular weight is 1350 g/mol. The lowest BCUT2D eigenvalue weighted by Gasteiger charge is -2.26. The number of esters is 2. The summed E-state index contributed by atoms with van der Waals surface area (Å²) in [7, 11) is -4.29. The number of rotatable bonds is 72. The summed E-state index contributed by atoms with van der Waals surface area (Å²) in [5.74, 6) is 0.310. The van der Waals surface area contributed by atoms with Crippen LogP contribution in [0, 0.1) is 11.8 Å². The first-order chi connectivity index (χ1) is 44.6. The second kappa shape index (κ2) is 69.9. The third-order valence-corrected chi connectivity index (χ3v) is 21.2. The molecule has 92 heavy (non-hydrogen) atoms. The summed E-state index contributed by atoms with van der Waals surface area (Å²) < 4.78 is 46.7. The molecule has 0 amide bonds. The van der Waals surface area contributed by atoms with E-state index >= 15 is 0 Å². The van der Waals surface area contributed by atoms with Crippen molar-refractivity contribution in [3.8, 4) is 0 Å². The van der Waals surface area contributed by atoms with E-state index in [2.05, 4.69) is 63.7 Å². The lowest BCUT2D eigenvalue weighted by molar-refractivity contribution is -0.150. The second-order valence-electron chi connectivity index (χ2n) is 27.5. The van der Waals surface area contributed by atoms with Gasteiger partial charge in [0.1, 0.15) is 12.6 Å². The maximum atomic E-state index is 12.9. The molecule has 0 aromatic carbocycles. The van der Waals surface area contributed by atoms with Crippen LogP contribution < -0.4 is 0 Å². The number of carbonyl (C=O) groups is 2. The van der Waals surface area contributed by atoms with Gasteiger partial charge in [0.2, 0.25) is 0 Å². The highest BCUT2D eigenvalue weighted by Gasteiger charge is 2.29. The fourth-order valence-electron chi connectivity index (χ4n) is 12.1. The molecule has 0 aromatic rings. The van der Waals surface area contributed by atoms with Gasteiger partial charge in [-0.25, -0.2) is 0 Å². The largest absolute Gasteiger partial charge is 0.465 e. The predicted molar refractivity (Wildman–Crippen MR) is 393 cm³/mol. The van der Waals surface area contributed by atoms with Crippen molar-refractivity contribution in [3.63, 3.8) is 0 Å². The Labute approximate surface area is 573 Å². The van der Waals surface area contributed by atoms with E-state index < -0.39 is 17.1 Å². The smallest absolute Gasteiger partial charge is 0.333 e. The highest BCUT2D eigenvalue weighted by molar-refractivity contribution is 6.64. The van der Waals surface area contributed by atoms with Crippen molar-refractivity contribution >= 4 is 29.1 Å². The van der Waals surface area contributed by atoms with Crippen LogP contribution in [-0.4, -0.2) is 154 Å². The number of aliphatic hydroxyl groups excluding tert-OH is 2. The number of carbonyl (C=O) groups excluding carboxylic acids is 2. The summed E-state index contributed by atoms with van der Waals surface area (Å²) in [5.41, 5.74) is 0. The molecule has 14 nitrogen and oxygen atoms in total. The van der Waals surface area contributed by atoms with Gasteiger partial charge >= 0.3 is 29.1 Å². The Hall–Kier alpha value is -1.03. The van der Waals surface area contributed by atoms with E-state index in [1.54, 1.807) is 0 Å². The Kier molecular flexibility index (Phi) is 70.6. The first-order valence-corrected chi connectivity index (χ1v) is 45.1. The molecule has 0 saturated heterocycles. The van der Waals surface area contributed by atoms with Crippen LogP contribution in [0.5, 0.6) is 0 Å². The molecule has 0 fully saturated rings. The molecule has 0 spiro atoms. The topological polar surface area (TPSA) is 155 Å². The number of unbranched alkanes of at least 4 members (excludes halogenated alkanes) is 30. The van der Waals surface area contributed by atoms with Crippen molar-refractivity contribution in [2.24, 2.45) is 11.8 Å². The maximum absolute atomic E-state index is 12.9. The van der Waals surface area contributed by atoms with E-state index in [0.717, 1.165) is 168 Å². The molecular formula is C76H158N2O12Si2. The van der Waals surface area contributed by atoms with Crippen molar-refractivity contribution in [1.29, 1.82) is 0 Å². The zero-order chi connectivity index (χ0) is 68.3. The van der Waals surface area contributed by atoms with Crippen LogP contribution in [0.15, 0.2) is 0 Å². The van der Waals surface area contributed by atoms with Gasteiger partial charge in [-0.15, -0.1) is 0 Å². The molecule has 0 radical (unpaired) electrons. The quantitative estimate of drug-likeness (QED) is 0.0257. The molecule has 0 rings (SSSR count).